The molecule has 0 amide bonds. The highest BCUT2D eigenvalue weighted by Gasteiger charge is 2.46. The van der Waals surface area contributed by atoms with Gasteiger partial charge in [0, 0.05) is 0 Å². The van der Waals surface area contributed by atoms with Crippen LogP contribution < -0.4 is 0 Å². The van der Waals surface area contributed by atoms with Crippen molar-refractivity contribution in [2.75, 3.05) is 6.61 Å². The van der Waals surface area contributed by atoms with E-state index in [-0.39, 0.29) is 22.1 Å². The van der Waals surface area contributed by atoms with Crippen molar-refractivity contribution < 1.29 is 23.1 Å². The first-order valence-corrected chi connectivity index (χ1v) is 8.08. The minimum Gasteiger partial charge on any atom is -0.478 e. The second-order valence-electron chi connectivity index (χ2n) is 5.47. The van der Waals surface area contributed by atoms with Gasteiger partial charge in [-0.3, -0.25) is 0 Å². The molecular weight excluding hydrogens is 318 g/mol. The Morgan fingerprint density at radius 3 is 2.57 bits per heavy atom. The van der Waals surface area contributed by atoms with Crippen LogP contribution in [-0.4, -0.2) is 42.2 Å². The average molecular weight is 334 g/mol. The minimum absolute atomic E-state index is 0.00793. The first kappa shape index (κ1) is 16.2. The van der Waals surface area contributed by atoms with E-state index in [2.05, 4.69) is 0 Å². The topological polar surface area (TPSA) is 83.9 Å². The van der Waals surface area contributed by atoms with E-state index in [4.69, 9.17) is 21.4 Å². The maximum Gasteiger partial charge on any atom is 0.337 e. The standard InChI is InChI=1S/C13H16ClNO5S/c1-8-15(13(2,3)7-20-8)21(18,19)9-4-5-11(14)10(6-9)12(16)17/h4-6,8H,7H2,1-3H3,(H,16,17). The zero-order valence-corrected chi connectivity index (χ0v) is 13.4. The normalized spacial score (nSPS) is 22.4. The molecule has 21 heavy (non-hydrogen) atoms. The van der Waals surface area contributed by atoms with Gasteiger partial charge in [0.25, 0.3) is 0 Å². The third-order valence-electron chi connectivity index (χ3n) is 3.33. The number of ether oxygens (including phenoxy) is 1. The summed E-state index contributed by atoms with van der Waals surface area (Å²) < 4.78 is 32.2. The number of rotatable bonds is 3. The first-order chi connectivity index (χ1) is 9.57. The van der Waals surface area contributed by atoms with E-state index in [1.54, 1.807) is 20.8 Å². The smallest absolute Gasteiger partial charge is 0.337 e. The molecule has 6 nitrogen and oxygen atoms in total. The van der Waals surface area contributed by atoms with E-state index >= 15 is 0 Å². The molecule has 1 aliphatic heterocycles. The van der Waals surface area contributed by atoms with Crippen LogP contribution >= 0.6 is 11.6 Å². The van der Waals surface area contributed by atoms with E-state index in [0.717, 1.165) is 6.07 Å². The van der Waals surface area contributed by atoms with Crippen LogP contribution in [0.15, 0.2) is 23.1 Å². The summed E-state index contributed by atoms with van der Waals surface area (Å²) in [6.07, 6.45) is -0.617. The van der Waals surface area contributed by atoms with Crippen LogP contribution in [0.25, 0.3) is 0 Å². The van der Waals surface area contributed by atoms with Gasteiger partial charge in [-0.15, -0.1) is 0 Å². The van der Waals surface area contributed by atoms with Gasteiger partial charge in [0.05, 0.1) is 27.6 Å². The lowest BCUT2D eigenvalue weighted by Crippen LogP contribution is -2.47. The fourth-order valence-corrected chi connectivity index (χ4v) is 4.50. The third-order valence-corrected chi connectivity index (χ3v) is 5.82. The molecule has 1 aliphatic rings. The predicted octanol–water partition coefficient (Wildman–Crippen LogP) is 2.18. The number of carboxylic acids is 1. The van der Waals surface area contributed by atoms with Gasteiger partial charge in [-0.1, -0.05) is 11.6 Å². The quantitative estimate of drug-likeness (QED) is 0.916. The Bertz CT molecular complexity index is 686. The fraction of sp³-hybridized carbons (Fsp3) is 0.462. The van der Waals surface area contributed by atoms with Crippen molar-refractivity contribution in [1.82, 2.24) is 4.31 Å². The van der Waals surface area contributed by atoms with Gasteiger partial charge in [0.2, 0.25) is 10.0 Å². The van der Waals surface area contributed by atoms with Crippen molar-refractivity contribution in [1.29, 1.82) is 0 Å². The van der Waals surface area contributed by atoms with Crippen molar-refractivity contribution in [3.05, 3.63) is 28.8 Å². The van der Waals surface area contributed by atoms with Crippen molar-refractivity contribution in [2.24, 2.45) is 0 Å². The number of aromatic carboxylic acids is 1. The number of halogens is 1. The van der Waals surface area contributed by atoms with Crippen molar-refractivity contribution >= 4 is 27.6 Å². The van der Waals surface area contributed by atoms with Crippen LogP contribution in [0.4, 0.5) is 0 Å². The highest BCUT2D eigenvalue weighted by molar-refractivity contribution is 7.89. The number of hydrogen-bond acceptors (Lipinski definition) is 4. The van der Waals surface area contributed by atoms with E-state index in [1.807, 2.05) is 0 Å². The van der Waals surface area contributed by atoms with Gasteiger partial charge in [-0.25, -0.2) is 13.2 Å². The molecule has 1 unspecified atom stereocenters. The summed E-state index contributed by atoms with van der Waals surface area (Å²) >= 11 is 5.77. The predicted molar refractivity (Wildman–Crippen MR) is 76.9 cm³/mol. The van der Waals surface area contributed by atoms with Crippen molar-refractivity contribution in [2.45, 2.75) is 37.4 Å². The monoisotopic (exact) mass is 333 g/mol. The Morgan fingerprint density at radius 2 is 2.10 bits per heavy atom. The zero-order valence-electron chi connectivity index (χ0n) is 11.8. The first-order valence-electron chi connectivity index (χ1n) is 6.26. The van der Waals surface area contributed by atoms with Crippen molar-refractivity contribution in [3.63, 3.8) is 0 Å². The number of hydrogen-bond donors (Lipinski definition) is 1. The lowest BCUT2D eigenvalue weighted by atomic mass is 10.1. The lowest BCUT2D eigenvalue weighted by molar-refractivity contribution is 0.0697. The molecule has 0 aliphatic carbocycles. The number of benzene rings is 1. The van der Waals surface area contributed by atoms with E-state index < -0.39 is 27.8 Å². The number of sulfonamides is 1. The van der Waals surface area contributed by atoms with E-state index in [1.165, 1.54) is 16.4 Å². The van der Waals surface area contributed by atoms with Crippen LogP contribution in [0, 0.1) is 0 Å². The largest absolute Gasteiger partial charge is 0.478 e. The zero-order chi connectivity index (χ0) is 16.0. The highest BCUT2D eigenvalue weighted by atomic mass is 35.5. The summed E-state index contributed by atoms with van der Waals surface area (Å²) in [5.74, 6) is -1.28. The average Bonchev–Trinajstić information content (AvgIpc) is 2.63. The van der Waals surface area contributed by atoms with E-state index in [0.29, 0.717) is 0 Å². The summed E-state index contributed by atoms with van der Waals surface area (Å²) in [5.41, 5.74) is -0.954. The second kappa shape index (κ2) is 5.24. The molecule has 1 N–H and O–H groups in total. The Balaban J connectivity index is 2.55. The maximum absolute atomic E-state index is 12.8. The Morgan fingerprint density at radius 1 is 1.48 bits per heavy atom. The van der Waals surface area contributed by atoms with Crippen LogP contribution in [0.3, 0.4) is 0 Å². The van der Waals surface area contributed by atoms with Crippen LogP contribution in [0.1, 0.15) is 31.1 Å². The van der Waals surface area contributed by atoms with Gasteiger partial charge in [-0.05, 0) is 39.0 Å². The lowest BCUT2D eigenvalue weighted by Gasteiger charge is -2.30. The minimum atomic E-state index is -3.88. The summed E-state index contributed by atoms with van der Waals surface area (Å²) in [4.78, 5) is 11.0. The molecule has 116 valence electrons. The summed E-state index contributed by atoms with van der Waals surface area (Å²) in [6.45, 7) is 5.41. The Kier molecular flexibility index (Phi) is 4.05. The molecule has 0 spiro atoms. The third kappa shape index (κ3) is 2.78. The Hall–Kier alpha value is -1.15. The summed E-state index contributed by atoms with van der Waals surface area (Å²) in [6, 6.07) is 3.64. The molecule has 1 atom stereocenters. The van der Waals surface area contributed by atoms with Gasteiger partial charge in [0.15, 0.2) is 0 Å². The van der Waals surface area contributed by atoms with Crippen LogP contribution in [0.2, 0.25) is 5.02 Å². The highest BCUT2D eigenvalue weighted by Crippen LogP contribution is 2.34. The fourth-order valence-electron chi connectivity index (χ4n) is 2.41. The number of carbonyl (C=O) groups is 1. The SMILES string of the molecule is CC1OCC(C)(C)N1S(=O)(=O)c1ccc(Cl)c(C(=O)O)c1. The molecule has 1 heterocycles. The van der Waals surface area contributed by atoms with Gasteiger partial charge in [0.1, 0.15) is 6.23 Å². The summed E-state index contributed by atoms with van der Waals surface area (Å²) in [5, 5.41) is 9.05. The Labute approximate surface area is 128 Å². The molecule has 1 saturated heterocycles. The molecule has 0 saturated carbocycles. The molecular formula is C13H16ClNO5S. The maximum atomic E-state index is 12.8. The molecule has 1 aromatic rings. The number of nitrogens with zero attached hydrogens (tertiary/aromatic N) is 1. The molecule has 0 radical (unpaired) electrons. The molecule has 1 aromatic carbocycles. The van der Waals surface area contributed by atoms with Crippen molar-refractivity contribution in [3.8, 4) is 0 Å². The summed E-state index contributed by atoms with van der Waals surface area (Å²) in [7, 11) is -3.88. The molecule has 0 bridgehead atoms. The molecule has 1 fully saturated rings. The second-order valence-corrected chi connectivity index (χ2v) is 7.69. The van der Waals surface area contributed by atoms with E-state index in [9.17, 15) is 13.2 Å². The molecule has 8 heteroatoms. The molecule has 0 aromatic heterocycles. The van der Waals surface area contributed by atoms with Crippen LogP contribution in [0.5, 0.6) is 0 Å². The van der Waals surface area contributed by atoms with Crippen LogP contribution in [-0.2, 0) is 14.8 Å². The van der Waals surface area contributed by atoms with Gasteiger partial charge in [-0.2, -0.15) is 4.31 Å². The van der Waals surface area contributed by atoms with Gasteiger partial charge >= 0.3 is 5.97 Å². The van der Waals surface area contributed by atoms with Gasteiger partial charge < -0.3 is 9.84 Å². The number of carboxylic acid groups (broad SMARTS) is 1. The molecule has 2 rings (SSSR count).